The number of phenols is 1. The number of anilines is 1. The Labute approximate surface area is 93.1 Å². The first-order chi connectivity index (χ1) is 7.08. The molecule has 0 saturated heterocycles. The average molecular weight is 272 g/mol. The van der Waals surface area contributed by atoms with E-state index in [4.69, 9.17) is 5.73 Å². The molecule has 1 heterocycles. The zero-order chi connectivity index (χ0) is 11.0. The second-order valence-electron chi connectivity index (χ2n) is 2.99. The smallest absolute Gasteiger partial charge is 0.145 e. The number of nitrogens with zero attached hydrogens (tertiary/aromatic N) is 1. The molecule has 0 bridgehead atoms. The number of nitrogen functional groups attached to an aromatic ring is 1. The third-order valence-corrected chi connectivity index (χ3v) is 2.56. The SMILES string of the molecule is Nc1cc(-c2cc(Br)c(O)cc2F)[nH]n1. The fourth-order valence-electron chi connectivity index (χ4n) is 1.22. The quantitative estimate of drug-likeness (QED) is 0.745. The molecule has 0 aliphatic carbocycles. The number of aromatic amines is 1. The van der Waals surface area contributed by atoms with Crippen LogP contribution in [0.2, 0.25) is 0 Å². The van der Waals surface area contributed by atoms with E-state index in [0.29, 0.717) is 15.7 Å². The summed E-state index contributed by atoms with van der Waals surface area (Å²) in [5, 5.41) is 15.5. The first kappa shape index (κ1) is 9.97. The van der Waals surface area contributed by atoms with Crippen LogP contribution in [0.15, 0.2) is 22.7 Å². The van der Waals surface area contributed by atoms with Crippen LogP contribution in [0.4, 0.5) is 10.2 Å². The molecule has 4 nitrogen and oxygen atoms in total. The van der Waals surface area contributed by atoms with Crippen molar-refractivity contribution in [1.29, 1.82) is 0 Å². The Bertz CT molecular complexity index is 512. The second kappa shape index (κ2) is 3.54. The van der Waals surface area contributed by atoms with Gasteiger partial charge in [-0.05, 0) is 22.0 Å². The highest BCUT2D eigenvalue weighted by Crippen LogP contribution is 2.31. The number of H-pyrrole nitrogens is 1. The molecule has 1 aromatic heterocycles. The summed E-state index contributed by atoms with van der Waals surface area (Å²) in [6, 6.07) is 4.00. The van der Waals surface area contributed by atoms with Crippen LogP contribution in [0.5, 0.6) is 5.75 Å². The van der Waals surface area contributed by atoms with Crippen LogP contribution in [-0.4, -0.2) is 15.3 Å². The molecule has 0 spiro atoms. The number of hydrogen-bond donors (Lipinski definition) is 3. The fraction of sp³-hybridized carbons (Fsp3) is 0. The number of nitrogens with one attached hydrogen (secondary N) is 1. The Balaban J connectivity index is 2.58. The van der Waals surface area contributed by atoms with Crippen LogP contribution >= 0.6 is 15.9 Å². The topological polar surface area (TPSA) is 74.9 Å². The van der Waals surface area contributed by atoms with E-state index in [-0.39, 0.29) is 11.6 Å². The molecule has 0 atom stereocenters. The van der Waals surface area contributed by atoms with Gasteiger partial charge in [0.15, 0.2) is 0 Å². The van der Waals surface area contributed by atoms with Gasteiger partial charge in [0.25, 0.3) is 0 Å². The Morgan fingerprint density at radius 2 is 2.13 bits per heavy atom. The van der Waals surface area contributed by atoms with E-state index in [1.165, 1.54) is 12.1 Å². The molecule has 0 unspecified atom stereocenters. The number of aromatic nitrogens is 2. The lowest BCUT2D eigenvalue weighted by Crippen LogP contribution is -1.85. The van der Waals surface area contributed by atoms with Crippen molar-refractivity contribution in [3.8, 4) is 17.0 Å². The minimum absolute atomic E-state index is 0.149. The number of benzene rings is 1. The normalized spacial score (nSPS) is 10.5. The molecule has 0 amide bonds. The van der Waals surface area contributed by atoms with Crippen molar-refractivity contribution >= 4 is 21.7 Å². The molecule has 1 aromatic carbocycles. The van der Waals surface area contributed by atoms with Crippen molar-refractivity contribution in [3.63, 3.8) is 0 Å². The van der Waals surface area contributed by atoms with Gasteiger partial charge in [-0.25, -0.2) is 4.39 Å². The summed E-state index contributed by atoms with van der Waals surface area (Å²) in [5.41, 5.74) is 6.17. The number of halogens is 2. The predicted octanol–water partition coefficient (Wildman–Crippen LogP) is 2.27. The number of hydrogen-bond acceptors (Lipinski definition) is 3. The first-order valence-corrected chi connectivity index (χ1v) is 4.86. The second-order valence-corrected chi connectivity index (χ2v) is 3.84. The number of phenolic OH excluding ortho intramolecular Hbond substituents is 1. The van der Waals surface area contributed by atoms with Crippen LogP contribution in [0.1, 0.15) is 0 Å². The molecular formula is C9H7BrFN3O. The van der Waals surface area contributed by atoms with Crippen LogP contribution < -0.4 is 5.73 Å². The maximum Gasteiger partial charge on any atom is 0.145 e. The predicted molar refractivity (Wildman–Crippen MR) is 57.8 cm³/mol. The van der Waals surface area contributed by atoms with Crippen molar-refractivity contribution in [1.82, 2.24) is 10.2 Å². The largest absolute Gasteiger partial charge is 0.507 e. The summed E-state index contributed by atoms with van der Waals surface area (Å²) >= 11 is 3.10. The van der Waals surface area contributed by atoms with Crippen molar-refractivity contribution in [3.05, 3.63) is 28.5 Å². The monoisotopic (exact) mass is 271 g/mol. The van der Waals surface area contributed by atoms with Crippen LogP contribution in [-0.2, 0) is 0 Å². The molecule has 2 aromatic rings. The summed E-state index contributed by atoms with van der Waals surface area (Å²) in [6.07, 6.45) is 0. The third-order valence-electron chi connectivity index (χ3n) is 1.92. The molecule has 78 valence electrons. The molecule has 0 aliphatic heterocycles. The van der Waals surface area contributed by atoms with Crippen LogP contribution in [0, 0.1) is 5.82 Å². The minimum atomic E-state index is -0.542. The summed E-state index contributed by atoms with van der Waals surface area (Å²) in [6.45, 7) is 0. The molecular weight excluding hydrogens is 265 g/mol. The lowest BCUT2D eigenvalue weighted by atomic mass is 10.1. The van der Waals surface area contributed by atoms with Gasteiger partial charge in [0.05, 0.1) is 10.2 Å². The lowest BCUT2D eigenvalue weighted by Gasteiger charge is -2.02. The maximum absolute atomic E-state index is 13.5. The highest BCUT2D eigenvalue weighted by atomic mass is 79.9. The van der Waals surface area contributed by atoms with E-state index in [0.717, 1.165) is 6.07 Å². The molecule has 0 saturated carbocycles. The zero-order valence-electron chi connectivity index (χ0n) is 7.46. The van der Waals surface area contributed by atoms with Gasteiger partial charge in [0, 0.05) is 17.7 Å². The Morgan fingerprint density at radius 3 is 2.73 bits per heavy atom. The van der Waals surface area contributed by atoms with Crippen molar-refractivity contribution < 1.29 is 9.50 Å². The number of aromatic hydroxyl groups is 1. The Hall–Kier alpha value is -1.56. The lowest BCUT2D eigenvalue weighted by molar-refractivity contribution is 0.466. The fourth-order valence-corrected chi connectivity index (χ4v) is 1.56. The minimum Gasteiger partial charge on any atom is -0.507 e. The van der Waals surface area contributed by atoms with E-state index in [9.17, 15) is 9.50 Å². The van der Waals surface area contributed by atoms with Crippen LogP contribution in [0.3, 0.4) is 0 Å². The van der Waals surface area contributed by atoms with E-state index in [1.54, 1.807) is 0 Å². The van der Waals surface area contributed by atoms with Gasteiger partial charge in [-0.2, -0.15) is 5.10 Å². The maximum atomic E-state index is 13.5. The van der Waals surface area contributed by atoms with E-state index < -0.39 is 5.82 Å². The summed E-state index contributed by atoms with van der Waals surface area (Å²) in [7, 11) is 0. The summed E-state index contributed by atoms with van der Waals surface area (Å²) < 4.78 is 13.9. The summed E-state index contributed by atoms with van der Waals surface area (Å²) in [5.74, 6) is -0.406. The molecule has 0 aliphatic rings. The van der Waals surface area contributed by atoms with Gasteiger partial charge >= 0.3 is 0 Å². The van der Waals surface area contributed by atoms with Crippen molar-refractivity contribution in [2.75, 3.05) is 5.73 Å². The van der Waals surface area contributed by atoms with Gasteiger partial charge in [0.2, 0.25) is 0 Å². The molecule has 6 heteroatoms. The Kier molecular flexibility index (Phi) is 2.36. The van der Waals surface area contributed by atoms with Gasteiger partial charge in [0.1, 0.15) is 17.4 Å². The highest BCUT2D eigenvalue weighted by molar-refractivity contribution is 9.10. The zero-order valence-corrected chi connectivity index (χ0v) is 9.05. The van der Waals surface area contributed by atoms with Gasteiger partial charge in [-0.1, -0.05) is 0 Å². The van der Waals surface area contributed by atoms with Gasteiger partial charge in [-0.15, -0.1) is 0 Å². The van der Waals surface area contributed by atoms with Gasteiger partial charge in [-0.3, -0.25) is 5.10 Å². The van der Waals surface area contributed by atoms with Crippen LogP contribution in [0.25, 0.3) is 11.3 Å². The van der Waals surface area contributed by atoms with E-state index >= 15 is 0 Å². The molecule has 2 rings (SSSR count). The van der Waals surface area contributed by atoms with E-state index in [2.05, 4.69) is 26.1 Å². The van der Waals surface area contributed by atoms with Crippen molar-refractivity contribution in [2.24, 2.45) is 0 Å². The van der Waals surface area contributed by atoms with Crippen molar-refractivity contribution in [2.45, 2.75) is 0 Å². The number of nitrogens with two attached hydrogens (primary N) is 1. The Morgan fingerprint density at radius 1 is 1.40 bits per heavy atom. The molecule has 4 N–H and O–H groups in total. The van der Waals surface area contributed by atoms with E-state index in [1.807, 2.05) is 0 Å². The number of rotatable bonds is 1. The van der Waals surface area contributed by atoms with Gasteiger partial charge < -0.3 is 10.8 Å². The molecule has 15 heavy (non-hydrogen) atoms. The molecule has 0 radical (unpaired) electrons. The highest BCUT2D eigenvalue weighted by Gasteiger charge is 2.11. The summed E-state index contributed by atoms with van der Waals surface area (Å²) in [4.78, 5) is 0. The average Bonchev–Trinajstić information content (AvgIpc) is 2.58. The first-order valence-electron chi connectivity index (χ1n) is 4.07. The molecule has 0 fully saturated rings. The standard InChI is InChI=1S/C9H7BrFN3O/c10-5-1-4(6(11)2-8(5)15)7-3-9(12)14-13-7/h1-3,15H,(H3,12,13,14). The third kappa shape index (κ3) is 1.80.